The first-order chi connectivity index (χ1) is 39.6. The molecule has 0 spiro atoms. The van der Waals surface area contributed by atoms with Crippen molar-refractivity contribution < 1.29 is 66.6 Å². The lowest BCUT2D eigenvalue weighted by atomic mass is 10.0. The van der Waals surface area contributed by atoms with Gasteiger partial charge in [0.05, 0.1) is 17.9 Å². The summed E-state index contributed by atoms with van der Waals surface area (Å²) in [6, 6.07) is 7.67. The van der Waals surface area contributed by atoms with Crippen LogP contribution in [0.2, 0.25) is 0 Å². The largest absolute Gasteiger partial charge is 0.508 e. The highest BCUT2D eigenvalue weighted by molar-refractivity contribution is 7.86. The topological polar surface area (TPSA) is 446 Å². The van der Waals surface area contributed by atoms with Crippen molar-refractivity contribution in [2.24, 2.45) is 27.3 Å². The standard InChI is InChI=1S/C54H76N14O14S/c1-33(69)46(50(75)62-38(13-6-7-25-55)51(76)68-29-11-16-42(68)52(77)67-28-10-15-41(67)49(74)63-39(53(78)79)14-9-27-59-54(56)57)65-45(71)18-3-2-8-26-58-48(73)40(30-34-19-22-37(70)23-20-34)64-47(72)36-21-24-44(60-31-36)66-61-32-35-12-4-5-17-43(35)83(80,81)82/h4-5,12,17,19-24,31-33,38-42,46,69-70H,2-3,6-11,13-16,18,25-30,55H2,1H3,(H,58,73)(H,60,66)(H,62,75)(H,63,74)(H,64,72)(H,65,71)(H,78,79)(H4,56,57,59)(H,80,81,82)/b61-32+/t33?,38-,39+,40-,41-,42-,46-/m0/s1. The molecule has 2 aliphatic heterocycles. The number of hydrogen-bond donors (Lipinski definition) is 13. The number of nitrogens with zero attached hydrogens (tertiary/aromatic N) is 5. The molecule has 2 aromatic carbocycles. The Morgan fingerprint density at radius 3 is 2.16 bits per heavy atom. The third-order valence-corrected chi connectivity index (χ3v) is 14.8. The minimum Gasteiger partial charge on any atom is -0.508 e. The molecule has 7 amide bonds. The molecule has 3 aromatic rings. The van der Waals surface area contributed by atoms with Gasteiger partial charge in [-0.15, -0.1) is 0 Å². The van der Waals surface area contributed by atoms with Crippen LogP contribution in [0.1, 0.15) is 112 Å². The molecule has 83 heavy (non-hydrogen) atoms. The fourth-order valence-electron chi connectivity index (χ4n) is 9.50. The molecule has 1 aromatic heterocycles. The number of pyridine rings is 1. The number of aliphatic imine (C=N–C) groups is 1. The zero-order chi connectivity index (χ0) is 60.6. The Bertz CT molecular complexity index is 2890. The lowest BCUT2D eigenvalue weighted by Crippen LogP contribution is -2.59. The maximum absolute atomic E-state index is 14.3. The van der Waals surface area contributed by atoms with Gasteiger partial charge in [0.25, 0.3) is 16.0 Å². The van der Waals surface area contributed by atoms with Gasteiger partial charge in [-0.3, -0.25) is 48.5 Å². The van der Waals surface area contributed by atoms with Gasteiger partial charge in [0.15, 0.2) is 5.96 Å². The van der Waals surface area contributed by atoms with Crippen molar-refractivity contribution in [1.82, 2.24) is 41.4 Å². The third kappa shape index (κ3) is 20.6. The van der Waals surface area contributed by atoms with Crippen molar-refractivity contribution in [3.05, 3.63) is 83.6 Å². The molecule has 2 saturated heterocycles. The van der Waals surface area contributed by atoms with Gasteiger partial charge in [-0.2, -0.15) is 13.5 Å². The number of carboxylic acid groups (broad SMARTS) is 1. The number of carbonyl (C=O) groups excluding carboxylic acids is 7. The molecule has 0 aliphatic carbocycles. The number of aliphatic hydroxyl groups excluding tert-OH is 1. The van der Waals surface area contributed by atoms with Gasteiger partial charge in [0.1, 0.15) is 52.7 Å². The van der Waals surface area contributed by atoms with Crippen molar-refractivity contribution in [2.75, 3.05) is 38.1 Å². The number of anilines is 1. The van der Waals surface area contributed by atoms with E-state index in [1.165, 1.54) is 71.6 Å². The summed E-state index contributed by atoms with van der Waals surface area (Å²) >= 11 is 0. The highest BCUT2D eigenvalue weighted by Gasteiger charge is 2.44. The summed E-state index contributed by atoms with van der Waals surface area (Å²) in [7, 11) is -4.50. The van der Waals surface area contributed by atoms with Gasteiger partial charge in [0, 0.05) is 50.8 Å². The number of guanidine groups is 1. The van der Waals surface area contributed by atoms with E-state index in [-0.39, 0.29) is 105 Å². The average Bonchev–Trinajstić information content (AvgIpc) is 4.16. The minimum absolute atomic E-state index is 0.00618. The second kappa shape index (κ2) is 32.4. The van der Waals surface area contributed by atoms with Crippen LogP contribution in [0.25, 0.3) is 0 Å². The Balaban J connectivity index is 1.11. The van der Waals surface area contributed by atoms with Crippen LogP contribution in [0.4, 0.5) is 5.82 Å². The molecule has 0 saturated carbocycles. The first-order valence-corrected chi connectivity index (χ1v) is 28.9. The maximum atomic E-state index is 14.3. The van der Waals surface area contributed by atoms with E-state index in [1.807, 2.05) is 0 Å². The van der Waals surface area contributed by atoms with Gasteiger partial charge in [-0.25, -0.2) is 9.78 Å². The van der Waals surface area contributed by atoms with Crippen molar-refractivity contribution in [2.45, 2.75) is 144 Å². The first-order valence-electron chi connectivity index (χ1n) is 27.4. The van der Waals surface area contributed by atoms with E-state index in [0.717, 1.165) is 0 Å². The number of nitrogens with one attached hydrogen (secondary N) is 6. The van der Waals surface area contributed by atoms with Crippen LogP contribution in [-0.4, -0.2) is 178 Å². The summed E-state index contributed by atoms with van der Waals surface area (Å²) in [5.41, 5.74) is 19.9. The second-order valence-electron chi connectivity index (χ2n) is 20.2. The van der Waals surface area contributed by atoms with Crippen LogP contribution in [-0.2, 0) is 50.1 Å². The predicted octanol–water partition coefficient (Wildman–Crippen LogP) is -0.418. The van der Waals surface area contributed by atoms with Gasteiger partial charge >= 0.3 is 5.97 Å². The number of nitrogens with two attached hydrogens (primary N) is 3. The quantitative estimate of drug-likeness (QED) is 0.0124. The van der Waals surface area contributed by atoms with Crippen LogP contribution in [0.15, 0.2) is 81.8 Å². The Labute approximate surface area is 480 Å². The monoisotopic (exact) mass is 1180 g/mol. The summed E-state index contributed by atoms with van der Waals surface area (Å²) < 4.78 is 32.9. The number of aliphatic hydroxyl groups is 1. The molecular formula is C54H76N14O14S. The Hall–Kier alpha value is -8.28. The molecule has 16 N–H and O–H groups in total. The Kier molecular flexibility index (Phi) is 25.6. The van der Waals surface area contributed by atoms with E-state index in [0.29, 0.717) is 57.1 Å². The van der Waals surface area contributed by atoms with Gasteiger partial charge in [-0.1, -0.05) is 36.8 Å². The van der Waals surface area contributed by atoms with E-state index >= 15 is 0 Å². The van der Waals surface area contributed by atoms with E-state index < -0.39 is 99.8 Å². The number of phenols is 1. The van der Waals surface area contributed by atoms with Crippen molar-refractivity contribution in [3.8, 4) is 5.75 Å². The molecule has 28 nitrogen and oxygen atoms in total. The zero-order valence-corrected chi connectivity index (χ0v) is 47.0. The Morgan fingerprint density at radius 2 is 1.49 bits per heavy atom. The van der Waals surface area contributed by atoms with Crippen molar-refractivity contribution >= 4 is 75.4 Å². The smallest absolute Gasteiger partial charge is 0.326 e. The number of benzene rings is 2. The lowest BCUT2D eigenvalue weighted by Gasteiger charge is -2.33. The number of carbonyl (C=O) groups is 8. The number of aliphatic carboxylic acids is 1. The average molecular weight is 1180 g/mol. The van der Waals surface area contributed by atoms with Crippen LogP contribution < -0.4 is 49.2 Å². The summed E-state index contributed by atoms with van der Waals surface area (Å²) in [6.07, 6.45) is 4.98. The molecule has 2 fully saturated rings. The lowest BCUT2D eigenvalue weighted by molar-refractivity contribution is -0.149. The molecule has 0 bridgehead atoms. The zero-order valence-electron chi connectivity index (χ0n) is 46.2. The number of amides is 7. The fourth-order valence-corrected chi connectivity index (χ4v) is 10.2. The van der Waals surface area contributed by atoms with Crippen LogP contribution in [0.3, 0.4) is 0 Å². The number of phenolic OH excluding ortho intramolecular Hbond substituents is 1. The van der Waals surface area contributed by atoms with Crippen LogP contribution in [0.5, 0.6) is 5.75 Å². The van der Waals surface area contributed by atoms with E-state index in [4.69, 9.17) is 17.2 Å². The maximum Gasteiger partial charge on any atom is 0.326 e. The molecular weight excluding hydrogens is 1100 g/mol. The summed E-state index contributed by atoms with van der Waals surface area (Å²) in [4.78, 5) is 118. The summed E-state index contributed by atoms with van der Waals surface area (Å²) in [6.45, 7) is 2.30. The highest BCUT2D eigenvalue weighted by atomic mass is 32.2. The van der Waals surface area contributed by atoms with E-state index in [2.05, 4.69) is 47.1 Å². The van der Waals surface area contributed by atoms with E-state index in [9.17, 15) is 66.6 Å². The van der Waals surface area contributed by atoms with E-state index in [1.54, 1.807) is 18.2 Å². The van der Waals surface area contributed by atoms with Gasteiger partial charge in [0.2, 0.25) is 35.4 Å². The summed E-state index contributed by atoms with van der Waals surface area (Å²) in [5.74, 6) is -5.48. The number of likely N-dealkylation sites (tertiary alicyclic amines) is 2. The molecule has 452 valence electrons. The van der Waals surface area contributed by atoms with Gasteiger partial charge in [-0.05, 0) is 120 Å². The molecule has 2 aliphatic rings. The number of aromatic hydroxyl groups is 1. The molecule has 3 heterocycles. The molecule has 0 radical (unpaired) electrons. The third-order valence-electron chi connectivity index (χ3n) is 13.8. The molecule has 1 unspecified atom stereocenters. The predicted molar refractivity (Wildman–Crippen MR) is 304 cm³/mol. The Morgan fingerprint density at radius 1 is 0.795 bits per heavy atom. The summed E-state index contributed by atoms with van der Waals surface area (Å²) in [5, 5.41) is 47.6. The SMILES string of the molecule is CC(O)[C@H](NC(=O)CCCCCNC(=O)[C@H](Cc1ccc(O)cc1)NC(=O)c1ccc(N/N=C/c2ccccc2S(=O)(=O)O)nc1)C(=O)N[C@@H](CCCCN)C(=O)N1CCC[C@H]1C(=O)N1CCC[C@H]1C(=O)N[C@H](CCCN=C(N)N)C(=O)O. The van der Waals surface area contributed by atoms with Crippen LogP contribution in [0, 0.1) is 0 Å². The minimum atomic E-state index is -4.50. The first kappa shape index (κ1) is 65.5. The van der Waals surface area contributed by atoms with Gasteiger partial charge < -0.3 is 68.9 Å². The molecule has 29 heteroatoms. The number of unbranched alkanes of at least 4 members (excludes halogenated alkanes) is 3. The fraction of sp³-hybridized carbons (Fsp3) is 0.500. The van der Waals surface area contributed by atoms with Crippen molar-refractivity contribution in [3.63, 3.8) is 0 Å². The number of aromatic nitrogens is 1. The van der Waals surface area contributed by atoms with Crippen molar-refractivity contribution in [1.29, 1.82) is 0 Å². The van der Waals surface area contributed by atoms with Crippen LogP contribution >= 0.6 is 0 Å². The second-order valence-corrected chi connectivity index (χ2v) is 21.6. The normalized spacial score (nSPS) is 16.9. The number of carboxylic acids is 1. The number of hydrogen-bond acceptors (Lipinski definition) is 17. The number of hydrazone groups is 1. The molecule has 7 atom stereocenters. The highest BCUT2D eigenvalue weighted by Crippen LogP contribution is 2.27. The molecule has 5 rings (SSSR count). The number of rotatable bonds is 32.